The summed E-state index contributed by atoms with van der Waals surface area (Å²) in [5, 5.41) is 19.1. The highest BCUT2D eigenvalue weighted by molar-refractivity contribution is 6.17. The molecule has 1 atom stereocenters. The number of aliphatic hydroxyl groups is 2. The molecule has 0 saturated heterocycles. The first-order valence-electron chi connectivity index (χ1n) is 4.67. The van der Waals surface area contributed by atoms with Crippen molar-refractivity contribution < 1.29 is 10.2 Å². The van der Waals surface area contributed by atoms with Gasteiger partial charge in [-0.3, -0.25) is 0 Å². The van der Waals surface area contributed by atoms with Gasteiger partial charge in [-0.1, -0.05) is 30.3 Å². The van der Waals surface area contributed by atoms with Crippen LogP contribution in [0.3, 0.4) is 0 Å². The molecule has 1 aromatic rings. The fourth-order valence-electron chi connectivity index (χ4n) is 1.50. The lowest BCUT2D eigenvalue weighted by molar-refractivity contribution is 0.00861. The Kier molecular flexibility index (Phi) is 4.39. The summed E-state index contributed by atoms with van der Waals surface area (Å²) in [6.07, 6.45) is 0.781. The SMILES string of the molecule is OCC[C@@](O)(CCCl)c1ccccc1. The van der Waals surface area contributed by atoms with Gasteiger partial charge in [-0.15, -0.1) is 11.6 Å². The topological polar surface area (TPSA) is 40.5 Å². The molecule has 0 aliphatic rings. The molecule has 0 aromatic heterocycles. The highest BCUT2D eigenvalue weighted by Gasteiger charge is 2.27. The van der Waals surface area contributed by atoms with Gasteiger partial charge in [0.05, 0.1) is 5.60 Å². The summed E-state index contributed by atoms with van der Waals surface area (Å²) in [5.74, 6) is 0.380. The zero-order valence-corrected chi connectivity index (χ0v) is 8.74. The van der Waals surface area contributed by atoms with E-state index in [2.05, 4.69) is 0 Å². The zero-order valence-electron chi connectivity index (χ0n) is 7.99. The predicted octanol–water partition coefficient (Wildman–Crippen LogP) is 1.89. The molecule has 1 aromatic carbocycles. The number of hydrogen-bond acceptors (Lipinski definition) is 2. The van der Waals surface area contributed by atoms with E-state index >= 15 is 0 Å². The van der Waals surface area contributed by atoms with E-state index in [1.165, 1.54) is 0 Å². The molecule has 0 spiro atoms. The minimum atomic E-state index is -0.988. The third-order valence-electron chi connectivity index (χ3n) is 2.34. The van der Waals surface area contributed by atoms with E-state index in [9.17, 15) is 5.11 Å². The largest absolute Gasteiger partial charge is 0.396 e. The van der Waals surface area contributed by atoms with Crippen LogP contribution in [0.2, 0.25) is 0 Å². The second kappa shape index (κ2) is 5.35. The molecular formula is C11H15ClO2. The number of benzene rings is 1. The summed E-state index contributed by atoms with van der Waals surface area (Å²) < 4.78 is 0. The van der Waals surface area contributed by atoms with Gasteiger partial charge in [-0.2, -0.15) is 0 Å². The number of alkyl halides is 1. The molecule has 0 bridgehead atoms. The molecular weight excluding hydrogens is 200 g/mol. The molecule has 0 amide bonds. The summed E-state index contributed by atoms with van der Waals surface area (Å²) in [5.41, 5.74) is -0.174. The molecule has 0 unspecified atom stereocenters. The first-order valence-corrected chi connectivity index (χ1v) is 5.21. The van der Waals surface area contributed by atoms with Crippen molar-refractivity contribution in [1.82, 2.24) is 0 Å². The van der Waals surface area contributed by atoms with Crippen LogP contribution in [0.15, 0.2) is 30.3 Å². The van der Waals surface area contributed by atoms with Crippen LogP contribution in [-0.4, -0.2) is 22.7 Å². The number of aliphatic hydroxyl groups excluding tert-OH is 1. The fraction of sp³-hybridized carbons (Fsp3) is 0.455. The highest BCUT2D eigenvalue weighted by atomic mass is 35.5. The lowest BCUT2D eigenvalue weighted by Crippen LogP contribution is -2.27. The molecule has 14 heavy (non-hydrogen) atoms. The Labute approximate surface area is 89.1 Å². The molecule has 0 radical (unpaired) electrons. The van der Waals surface area contributed by atoms with Crippen molar-refractivity contribution in [1.29, 1.82) is 0 Å². The van der Waals surface area contributed by atoms with Crippen molar-refractivity contribution in [3.05, 3.63) is 35.9 Å². The third-order valence-corrected chi connectivity index (χ3v) is 2.53. The molecule has 0 saturated carbocycles. The Hall–Kier alpha value is -0.570. The zero-order chi connectivity index (χ0) is 10.4. The van der Waals surface area contributed by atoms with Crippen molar-refractivity contribution in [3.8, 4) is 0 Å². The summed E-state index contributed by atoms with van der Waals surface area (Å²) >= 11 is 5.63. The van der Waals surface area contributed by atoms with Crippen LogP contribution in [0.4, 0.5) is 0 Å². The summed E-state index contributed by atoms with van der Waals surface area (Å²) in [6.45, 7) is -0.0394. The van der Waals surface area contributed by atoms with E-state index in [1.807, 2.05) is 30.3 Å². The number of halogens is 1. The van der Waals surface area contributed by atoms with Crippen LogP contribution in [0, 0.1) is 0 Å². The van der Waals surface area contributed by atoms with Crippen LogP contribution in [0.5, 0.6) is 0 Å². The van der Waals surface area contributed by atoms with E-state index in [0.717, 1.165) is 5.56 Å². The smallest absolute Gasteiger partial charge is 0.0929 e. The van der Waals surface area contributed by atoms with Crippen molar-refractivity contribution in [2.24, 2.45) is 0 Å². The first kappa shape index (κ1) is 11.5. The second-order valence-electron chi connectivity index (χ2n) is 3.31. The Morgan fingerprint density at radius 2 is 1.79 bits per heavy atom. The minimum absolute atomic E-state index is 0.0394. The Morgan fingerprint density at radius 3 is 2.29 bits per heavy atom. The molecule has 2 nitrogen and oxygen atoms in total. The standard InChI is InChI=1S/C11H15ClO2/c12-8-6-11(14,7-9-13)10-4-2-1-3-5-10/h1-5,13-14H,6-9H2/t11-/m0/s1. The van der Waals surface area contributed by atoms with Gasteiger partial charge in [-0.25, -0.2) is 0 Å². The van der Waals surface area contributed by atoms with Gasteiger partial charge in [0.15, 0.2) is 0 Å². The molecule has 2 N–H and O–H groups in total. The normalized spacial score (nSPS) is 15.1. The van der Waals surface area contributed by atoms with Crippen LogP contribution in [-0.2, 0) is 5.60 Å². The van der Waals surface area contributed by atoms with Crippen LogP contribution in [0.25, 0.3) is 0 Å². The van der Waals surface area contributed by atoms with Crippen molar-refractivity contribution in [3.63, 3.8) is 0 Å². The van der Waals surface area contributed by atoms with E-state index < -0.39 is 5.60 Å². The Bertz CT molecular complexity index is 255. The third kappa shape index (κ3) is 2.71. The van der Waals surface area contributed by atoms with E-state index in [4.69, 9.17) is 16.7 Å². The van der Waals surface area contributed by atoms with Crippen LogP contribution in [0.1, 0.15) is 18.4 Å². The lowest BCUT2D eigenvalue weighted by Gasteiger charge is -2.27. The second-order valence-corrected chi connectivity index (χ2v) is 3.69. The van der Waals surface area contributed by atoms with Gasteiger partial charge >= 0.3 is 0 Å². The van der Waals surface area contributed by atoms with E-state index in [1.54, 1.807) is 0 Å². The highest BCUT2D eigenvalue weighted by Crippen LogP contribution is 2.28. The molecule has 0 aliphatic heterocycles. The van der Waals surface area contributed by atoms with Crippen molar-refractivity contribution in [2.75, 3.05) is 12.5 Å². The van der Waals surface area contributed by atoms with Gasteiger partial charge in [0.2, 0.25) is 0 Å². The molecule has 0 aliphatic carbocycles. The van der Waals surface area contributed by atoms with Gasteiger partial charge in [0.25, 0.3) is 0 Å². The summed E-state index contributed by atoms with van der Waals surface area (Å²) in [6, 6.07) is 9.33. The maximum Gasteiger partial charge on any atom is 0.0929 e. The average Bonchev–Trinajstić information content (AvgIpc) is 2.20. The molecule has 78 valence electrons. The van der Waals surface area contributed by atoms with Gasteiger partial charge in [0.1, 0.15) is 0 Å². The summed E-state index contributed by atoms with van der Waals surface area (Å²) in [7, 11) is 0. The summed E-state index contributed by atoms with van der Waals surface area (Å²) in [4.78, 5) is 0. The van der Waals surface area contributed by atoms with Crippen LogP contribution >= 0.6 is 11.6 Å². The number of hydrogen-bond donors (Lipinski definition) is 2. The first-order chi connectivity index (χ1) is 6.73. The fourth-order valence-corrected chi connectivity index (χ4v) is 1.82. The van der Waals surface area contributed by atoms with E-state index in [-0.39, 0.29) is 6.61 Å². The van der Waals surface area contributed by atoms with Crippen molar-refractivity contribution in [2.45, 2.75) is 18.4 Å². The Morgan fingerprint density at radius 1 is 1.14 bits per heavy atom. The molecule has 3 heteroatoms. The molecule has 0 fully saturated rings. The van der Waals surface area contributed by atoms with Gasteiger partial charge in [-0.05, 0) is 12.0 Å². The quantitative estimate of drug-likeness (QED) is 0.735. The van der Waals surface area contributed by atoms with Gasteiger partial charge in [0, 0.05) is 18.9 Å². The van der Waals surface area contributed by atoms with Gasteiger partial charge < -0.3 is 10.2 Å². The lowest BCUT2D eigenvalue weighted by atomic mass is 9.88. The van der Waals surface area contributed by atoms with Crippen molar-refractivity contribution >= 4 is 11.6 Å². The maximum atomic E-state index is 10.2. The maximum absolute atomic E-state index is 10.2. The monoisotopic (exact) mass is 214 g/mol. The predicted molar refractivity (Wildman–Crippen MR) is 57.4 cm³/mol. The number of rotatable bonds is 5. The molecule has 1 rings (SSSR count). The van der Waals surface area contributed by atoms with E-state index in [0.29, 0.717) is 18.7 Å². The minimum Gasteiger partial charge on any atom is -0.396 e. The Balaban J connectivity index is 2.87. The average molecular weight is 215 g/mol. The van der Waals surface area contributed by atoms with Crippen LogP contribution < -0.4 is 0 Å². The molecule has 0 heterocycles.